The van der Waals surface area contributed by atoms with Gasteiger partial charge >= 0.3 is 0 Å². The van der Waals surface area contributed by atoms with Gasteiger partial charge in [0.25, 0.3) is 0 Å². The van der Waals surface area contributed by atoms with E-state index < -0.39 is 0 Å². The Morgan fingerprint density at radius 2 is 2.30 bits per heavy atom. The van der Waals surface area contributed by atoms with Gasteiger partial charge in [-0.15, -0.1) is 0 Å². The van der Waals surface area contributed by atoms with Gasteiger partial charge in [0, 0.05) is 18.9 Å². The first-order valence-corrected chi connectivity index (χ1v) is 3.95. The summed E-state index contributed by atoms with van der Waals surface area (Å²) in [5.74, 6) is 1.74. The van der Waals surface area contributed by atoms with E-state index >= 15 is 0 Å². The van der Waals surface area contributed by atoms with Crippen LogP contribution in [-0.4, -0.2) is 17.5 Å². The second-order valence-electron chi connectivity index (χ2n) is 3.54. The van der Waals surface area contributed by atoms with Crippen LogP contribution in [0, 0.1) is 17.8 Å². The van der Waals surface area contributed by atoms with Gasteiger partial charge in [-0.25, -0.2) is 0 Å². The minimum Gasteiger partial charge on any atom is -0.396 e. The normalized spacial score (nSPS) is 44.9. The van der Waals surface area contributed by atoms with E-state index in [4.69, 9.17) is 5.11 Å². The Morgan fingerprint density at radius 3 is 2.70 bits per heavy atom. The quantitative estimate of drug-likeness (QED) is 0.579. The van der Waals surface area contributed by atoms with Crippen LogP contribution in [0.1, 0.15) is 19.3 Å². The third kappa shape index (κ3) is 0.717. The molecule has 0 aromatic carbocycles. The molecule has 2 aliphatic rings. The molecule has 0 radical (unpaired) electrons. The number of aliphatic hydroxyl groups is 1. The molecule has 56 valence electrons. The van der Waals surface area contributed by atoms with Gasteiger partial charge in [0.1, 0.15) is 5.78 Å². The Bertz CT molecular complexity index is 165. The molecule has 2 heteroatoms. The minimum atomic E-state index is 0.286. The van der Waals surface area contributed by atoms with Gasteiger partial charge in [-0.05, 0) is 24.7 Å². The minimum absolute atomic E-state index is 0.286. The van der Waals surface area contributed by atoms with Crippen molar-refractivity contribution < 1.29 is 9.90 Å². The Balaban J connectivity index is 2.09. The maximum absolute atomic E-state index is 11.0. The smallest absolute Gasteiger partial charge is 0.136 e. The molecule has 0 aromatic rings. The van der Waals surface area contributed by atoms with Gasteiger partial charge in [-0.1, -0.05) is 0 Å². The van der Waals surface area contributed by atoms with Crippen LogP contribution < -0.4 is 0 Å². The molecule has 0 amide bonds. The van der Waals surface area contributed by atoms with Crippen molar-refractivity contribution in [3.8, 4) is 0 Å². The number of aliphatic hydroxyl groups excluding tert-OH is 1. The molecule has 0 saturated heterocycles. The lowest BCUT2D eigenvalue weighted by atomic mass is 9.89. The van der Waals surface area contributed by atoms with E-state index in [1.165, 1.54) is 0 Å². The molecule has 0 spiro atoms. The number of hydrogen-bond donors (Lipinski definition) is 1. The van der Waals surface area contributed by atoms with Crippen LogP contribution in [-0.2, 0) is 4.79 Å². The summed E-state index contributed by atoms with van der Waals surface area (Å²) in [6, 6.07) is 0. The molecule has 0 aliphatic heterocycles. The summed E-state index contributed by atoms with van der Waals surface area (Å²) in [6.45, 7) is 0.286. The van der Waals surface area contributed by atoms with Crippen molar-refractivity contribution >= 4 is 5.78 Å². The third-order valence-corrected chi connectivity index (χ3v) is 2.99. The number of Topliss-reactive ketones (excluding diaryl/α,β-unsaturated/α-hetero) is 1. The average Bonchev–Trinajstić information content (AvgIpc) is 2.44. The van der Waals surface area contributed by atoms with Gasteiger partial charge in [-0.2, -0.15) is 0 Å². The SMILES string of the molecule is O=C1C[C@@H]2C[C@H]1C[C@@H]2CO. The third-order valence-electron chi connectivity index (χ3n) is 2.99. The lowest BCUT2D eigenvalue weighted by Gasteiger charge is -2.17. The molecule has 0 aromatic heterocycles. The van der Waals surface area contributed by atoms with Crippen LogP contribution in [0.25, 0.3) is 0 Å². The second kappa shape index (κ2) is 2.06. The van der Waals surface area contributed by atoms with Crippen LogP contribution in [0.2, 0.25) is 0 Å². The molecule has 2 bridgehead atoms. The van der Waals surface area contributed by atoms with E-state index in [0.29, 0.717) is 23.5 Å². The number of ketones is 1. The molecular weight excluding hydrogens is 128 g/mol. The highest BCUT2D eigenvalue weighted by Crippen LogP contribution is 2.45. The van der Waals surface area contributed by atoms with Crippen molar-refractivity contribution in [1.29, 1.82) is 0 Å². The maximum atomic E-state index is 11.0. The van der Waals surface area contributed by atoms with Crippen LogP contribution in [0.4, 0.5) is 0 Å². The summed E-state index contributed by atoms with van der Waals surface area (Å²) in [6.07, 6.45) is 2.76. The molecule has 2 rings (SSSR count). The number of rotatable bonds is 1. The van der Waals surface area contributed by atoms with Gasteiger partial charge < -0.3 is 5.11 Å². The van der Waals surface area contributed by atoms with Crippen molar-refractivity contribution in [1.82, 2.24) is 0 Å². The van der Waals surface area contributed by atoms with E-state index in [9.17, 15) is 4.79 Å². The molecular formula is C8H12O2. The Morgan fingerprint density at radius 1 is 1.50 bits per heavy atom. The van der Waals surface area contributed by atoms with E-state index in [1.54, 1.807) is 0 Å². The summed E-state index contributed by atoms with van der Waals surface area (Å²) in [5, 5.41) is 8.86. The molecule has 2 nitrogen and oxygen atoms in total. The molecule has 0 unspecified atom stereocenters. The van der Waals surface area contributed by atoms with Gasteiger partial charge in [0.2, 0.25) is 0 Å². The average molecular weight is 140 g/mol. The Labute approximate surface area is 60.2 Å². The first-order chi connectivity index (χ1) is 4.81. The van der Waals surface area contributed by atoms with Gasteiger partial charge in [0.15, 0.2) is 0 Å². The lowest BCUT2D eigenvalue weighted by Crippen LogP contribution is -2.19. The number of fused-ring (bicyclic) bond motifs is 2. The molecule has 2 fully saturated rings. The predicted octanol–water partition coefficient (Wildman–Crippen LogP) is 0.594. The lowest BCUT2D eigenvalue weighted by molar-refractivity contribution is -0.122. The molecule has 2 aliphatic carbocycles. The first kappa shape index (κ1) is 6.35. The second-order valence-corrected chi connectivity index (χ2v) is 3.54. The number of carbonyl (C=O) groups excluding carboxylic acids is 1. The fourth-order valence-electron chi connectivity index (χ4n) is 2.37. The zero-order chi connectivity index (χ0) is 7.14. The molecule has 10 heavy (non-hydrogen) atoms. The van der Waals surface area contributed by atoms with Gasteiger partial charge in [-0.3, -0.25) is 4.79 Å². The van der Waals surface area contributed by atoms with E-state index in [1.807, 2.05) is 0 Å². The van der Waals surface area contributed by atoms with Crippen molar-refractivity contribution in [2.24, 2.45) is 17.8 Å². The molecule has 0 heterocycles. The van der Waals surface area contributed by atoms with Gasteiger partial charge in [0.05, 0.1) is 0 Å². The summed E-state index contributed by atoms with van der Waals surface area (Å²) in [7, 11) is 0. The summed E-state index contributed by atoms with van der Waals surface area (Å²) in [5.41, 5.74) is 0. The number of hydrogen-bond acceptors (Lipinski definition) is 2. The summed E-state index contributed by atoms with van der Waals surface area (Å²) >= 11 is 0. The van der Waals surface area contributed by atoms with Crippen molar-refractivity contribution in [2.75, 3.05) is 6.61 Å². The van der Waals surface area contributed by atoms with Crippen LogP contribution >= 0.6 is 0 Å². The highest BCUT2D eigenvalue weighted by atomic mass is 16.3. The number of carbonyl (C=O) groups is 1. The topological polar surface area (TPSA) is 37.3 Å². The fourth-order valence-corrected chi connectivity index (χ4v) is 2.37. The predicted molar refractivity (Wildman–Crippen MR) is 36.4 cm³/mol. The summed E-state index contributed by atoms with van der Waals surface area (Å²) in [4.78, 5) is 11.0. The van der Waals surface area contributed by atoms with Crippen molar-refractivity contribution in [3.63, 3.8) is 0 Å². The highest BCUT2D eigenvalue weighted by Gasteiger charge is 2.44. The van der Waals surface area contributed by atoms with E-state index in [0.717, 1.165) is 19.3 Å². The molecule has 1 N–H and O–H groups in total. The summed E-state index contributed by atoms with van der Waals surface area (Å²) < 4.78 is 0. The van der Waals surface area contributed by atoms with Crippen LogP contribution in [0.3, 0.4) is 0 Å². The van der Waals surface area contributed by atoms with E-state index in [-0.39, 0.29) is 6.61 Å². The van der Waals surface area contributed by atoms with Crippen molar-refractivity contribution in [3.05, 3.63) is 0 Å². The Kier molecular flexibility index (Phi) is 1.31. The van der Waals surface area contributed by atoms with Crippen LogP contribution in [0.5, 0.6) is 0 Å². The highest BCUT2D eigenvalue weighted by molar-refractivity contribution is 5.84. The largest absolute Gasteiger partial charge is 0.396 e. The first-order valence-electron chi connectivity index (χ1n) is 3.95. The fraction of sp³-hybridized carbons (Fsp3) is 0.875. The standard InChI is InChI=1S/C8H12O2/c9-4-7-2-6-1-5(7)3-8(6)10/h5-7,9H,1-4H2/t5-,6-,7+/m0/s1. The Hall–Kier alpha value is -0.370. The van der Waals surface area contributed by atoms with Crippen molar-refractivity contribution in [2.45, 2.75) is 19.3 Å². The zero-order valence-corrected chi connectivity index (χ0v) is 5.92. The van der Waals surface area contributed by atoms with E-state index in [2.05, 4.69) is 0 Å². The monoisotopic (exact) mass is 140 g/mol. The molecule has 2 saturated carbocycles. The van der Waals surface area contributed by atoms with Crippen LogP contribution in [0.15, 0.2) is 0 Å². The zero-order valence-electron chi connectivity index (χ0n) is 5.92. The maximum Gasteiger partial charge on any atom is 0.136 e. The molecule has 3 atom stereocenters.